The molecule has 0 fully saturated rings. The first kappa shape index (κ1) is 16.5. The average molecular weight is 290 g/mol. The molecule has 1 aromatic rings. The minimum Gasteiger partial charge on any atom is -0.449 e. The first-order valence-corrected chi connectivity index (χ1v) is 6.35. The summed E-state index contributed by atoms with van der Waals surface area (Å²) in [5.74, 6) is -0.968. The van der Waals surface area contributed by atoms with Crippen LogP contribution in [0.1, 0.15) is 30.1 Å². The maximum atomic E-state index is 12.8. The van der Waals surface area contributed by atoms with Crippen LogP contribution in [0, 0.1) is 0 Å². The Morgan fingerprint density at radius 3 is 2.45 bits per heavy atom. The molecule has 0 aliphatic heterocycles. The molecule has 1 unspecified atom stereocenters. The second-order valence-corrected chi connectivity index (χ2v) is 4.14. The van der Waals surface area contributed by atoms with Crippen molar-refractivity contribution in [1.82, 2.24) is 0 Å². The van der Waals surface area contributed by atoms with Gasteiger partial charge in [-0.3, -0.25) is 0 Å². The van der Waals surface area contributed by atoms with Crippen LogP contribution < -0.4 is 0 Å². The van der Waals surface area contributed by atoms with Gasteiger partial charge in [0, 0.05) is 13.2 Å². The van der Waals surface area contributed by atoms with E-state index in [4.69, 9.17) is 4.74 Å². The van der Waals surface area contributed by atoms with Crippen LogP contribution >= 0.6 is 0 Å². The molecule has 0 aromatic heterocycles. The van der Waals surface area contributed by atoms with Gasteiger partial charge in [0.15, 0.2) is 6.10 Å². The smallest absolute Gasteiger partial charge is 0.425 e. The van der Waals surface area contributed by atoms with Gasteiger partial charge in [0.2, 0.25) is 0 Å². The number of alkyl halides is 3. The first-order chi connectivity index (χ1) is 9.45. The predicted molar refractivity (Wildman–Crippen MR) is 67.4 cm³/mol. The van der Waals surface area contributed by atoms with Crippen LogP contribution in [-0.2, 0) is 9.47 Å². The molecule has 6 heteroatoms. The van der Waals surface area contributed by atoms with Crippen LogP contribution in [0.25, 0.3) is 0 Å². The Labute approximate surface area is 115 Å². The molecular formula is C14H17F3O3. The van der Waals surface area contributed by atoms with Gasteiger partial charge in [-0.1, -0.05) is 18.2 Å². The van der Waals surface area contributed by atoms with Crippen molar-refractivity contribution >= 4 is 5.97 Å². The van der Waals surface area contributed by atoms with Crippen molar-refractivity contribution in [2.24, 2.45) is 0 Å². The lowest BCUT2D eigenvalue weighted by molar-refractivity contribution is -0.206. The van der Waals surface area contributed by atoms with Crippen molar-refractivity contribution in [3.8, 4) is 0 Å². The zero-order chi connectivity index (χ0) is 15.0. The number of carbonyl (C=O) groups excluding carboxylic acids is 1. The number of hydrogen-bond donors (Lipinski definition) is 0. The van der Waals surface area contributed by atoms with Crippen LogP contribution in [0.15, 0.2) is 30.3 Å². The second kappa shape index (κ2) is 7.89. The van der Waals surface area contributed by atoms with E-state index < -0.39 is 18.2 Å². The van der Waals surface area contributed by atoms with Crippen molar-refractivity contribution in [2.45, 2.75) is 32.0 Å². The third-order valence-electron chi connectivity index (χ3n) is 2.58. The number of esters is 1. The minimum absolute atomic E-state index is 0.103. The van der Waals surface area contributed by atoms with E-state index in [0.717, 1.165) is 0 Å². The molecule has 20 heavy (non-hydrogen) atoms. The summed E-state index contributed by atoms with van der Waals surface area (Å²) in [5, 5.41) is 0. The number of rotatable bonds is 7. The fraction of sp³-hybridized carbons (Fsp3) is 0.500. The fourth-order valence-electron chi connectivity index (χ4n) is 1.58. The summed E-state index contributed by atoms with van der Waals surface area (Å²) in [6.45, 7) is 2.42. The number of ether oxygens (including phenoxy) is 2. The van der Waals surface area contributed by atoms with Gasteiger partial charge in [-0.05, 0) is 31.9 Å². The lowest BCUT2D eigenvalue weighted by Gasteiger charge is -2.20. The van der Waals surface area contributed by atoms with Gasteiger partial charge in [-0.2, -0.15) is 13.2 Å². The molecular weight excluding hydrogens is 273 g/mol. The van der Waals surface area contributed by atoms with E-state index in [-0.39, 0.29) is 25.0 Å². The van der Waals surface area contributed by atoms with Gasteiger partial charge < -0.3 is 9.47 Å². The van der Waals surface area contributed by atoms with E-state index in [1.54, 1.807) is 25.1 Å². The molecule has 0 radical (unpaired) electrons. The van der Waals surface area contributed by atoms with E-state index >= 15 is 0 Å². The lowest BCUT2D eigenvalue weighted by atomic mass is 10.2. The molecule has 0 saturated carbocycles. The first-order valence-electron chi connectivity index (χ1n) is 6.35. The summed E-state index contributed by atoms with van der Waals surface area (Å²) < 4.78 is 47.9. The highest BCUT2D eigenvalue weighted by atomic mass is 19.4. The monoisotopic (exact) mass is 290 g/mol. The molecule has 1 aromatic carbocycles. The van der Waals surface area contributed by atoms with E-state index in [2.05, 4.69) is 4.74 Å². The molecule has 0 bridgehead atoms. The highest BCUT2D eigenvalue weighted by molar-refractivity contribution is 5.89. The molecule has 0 N–H and O–H groups in total. The zero-order valence-corrected chi connectivity index (χ0v) is 11.2. The summed E-state index contributed by atoms with van der Waals surface area (Å²) >= 11 is 0. The lowest BCUT2D eigenvalue weighted by Crippen LogP contribution is -2.34. The molecule has 0 saturated heterocycles. The van der Waals surface area contributed by atoms with Crippen molar-refractivity contribution in [2.75, 3.05) is 13.2 Å². The summed E-state index contributed by atoms with van der Waals surface area (Å²) in [4.78, 5) is 11.6. The quantitative estimate of drug-likeness (QED) is 0.568. The highest BCUT2D eigenvalue weighted by Crippen LogP contribution is 2.27. The molecule has 0 heterocycles. The summed E-state index contributed by atoms with van der Waals surface area (Å²) in [7, 11) is 0. The van der Waals surface area contributed by atoms with Gasteiger partial charge in [0.25, 0.3) is 0 Å². The number of carbonyl (C=O) groups is 1. The summed E-state index contributed by atoms with van der Waals surface area (Å²) in [6.07, 6.45) is -6.80. The molecule has 1 rings (SSSR count). The van der Waals surface area contributed by atoms with Crippen LogP contribution in [-0.4, -0.2) is 31.5 Å². The third kappa shape index (κ3) is 5.61. The normalized spacial score (nSPS) is 13.0. The van der Waals surface area contributed by atoms with Gasteiger partial charge in [-0.15, -0.1) is 0 Å². The van der Waals surface area contributed by atoms with Crippen molar-refractivity contribution in [3.63, 3.8) is 0 Å². The minimum atomic E-state index is -4.57. The standard InChI is InChI=1S/C14H17F3O3/c1-2-19-10-6-9-12(14(15,16)17)20-13(18)11-7-4-3-5-8-11/h3-5,7-8,12H,2,6,9-10H2,1H3. The van der Waals surface area contributed by atoms with E-state index in [9.17, 15) is 18.0 Å². The van der Waals surface area contributed by atoms with Crippen LogP contribution in [0.4, 0.5) is 13.2 Å². The SMILES string of the molecule is CCOCCCC(OC(=O)c1ccccc1)C(F)(F)F. The van der Waals surface area contributed by atoms with Crippen molar-refractivity contribution < 1.29 is 27.4 Å². The Balaban J connectivity index is 2.59. The molecule has 0 aliphatic carbocycles. The predicted octanol–water partition coefficient (Wildman–Crippen LogP) is 3.59. The maximum Gasteiger partial charge on any atom is 0.425 e. The highest BCUT2D eigenvalue weighted by Gasteiger charge is 2.42. The van der Waals surface area contributed by atoms with Gasteiger partial charge in [0.1, 0.15) is 0 Å². The van der Waals surface area contributed by atoms with Gasteiger partial charge in [0.05, 0.1) is 5.56 Å². The van der Waals surface area contributed by atoms with Gasteiger partial charge >= 0.3 is 12.1 Å². The topological polar surface area (TPSA) is 35.5 Å². The molecule has 112 valence electrons. The maximum absolute atomic E-state index is 12.8. The number of hydrogen-bond acceptors (Lipinski definition) is 3. The summed E-state index contributed by atoms with van der Waals surface area (Å²) in [5.41, 5.74) is 0.103. The molecule has 3 nitrogen and oxygen atoms in total. The van der Waals surface area contributed by atoms with Crippen LogP contribution in [0.5, 0.6) is 0 Å². The fourth-order valence-corrected chi connectivity index (χ4v) is 1.58. The third-order valence-corrected chi connectivity index (χ3v) is 2.58. The molecule has 0 spiro atoms. The Bertz CT molecular complexity index is 404. The van der Waals surface area contributed by atoms with E-state index in [0.29, 0.717) is 6.61 Å². The molecule has 1 atom stereocenters. The Morgan fingerprint density at radius 2 is 1.90 bits per heavy atom. The largest absolute Gasteiger partial charge is 0.449 e. The second-order valence-electron chi connectivity index (χ2n) is 4.14. The van der Waals surface area contributed by atoms with Crippen LogP contribution in [0.2, 0.25) is 0 Å². The zero-order valence-electron chi connectivity index (χ0n) is 11.2. The van der Waals surface area contributed by atoms with E-state index in [1.807, 2.05) is 0 Å². The Hall–Kier alpha value is -1.56. The van der Waals surface area contributed by atoms with Crippen molar-refractivity contribution in [1.29, 1.82) is 0 Å². The molecule has 0 aliphatic rings. The van der Waals surface area contributed by atoms with Crippen molar-refractivity contribution in [3.05, 3.63) is 35.9 Å². The Morgan fingerprint density at radius 1 is 1.25 bits per heavy atom. The summed E-state index contributed by atoms with van der Waals surface area (Å²) in [6, 6.07) is 7.62. The van der Waals surface area contributed by atoms with Gasteiger partial charge in [-0.25, -0.2) is 4.79 Å². The molecule has 0 amide bonds. The van der Waals surface area contributed by atoms with Crippen LogP contribution in [0.3, 0.4) is 0 Å². The average Bonchev–Trinajstić information content (AvgIpc) is 2.42. The Kier molecular flexibility index (Phi) is 6.51. The number of benzene rings is 1. The number of halogens is 3. The van der Waals surface area contributed by atoms with E-state index in [1.165, 1.54) is 12.1 Å².